The summed E-state index contributed by atoms with van der Waals surface area (Å²) in [6.07, 6.45) is 1.24. The maximum absolute atomic E-state index is 15.1. The Hall–Kier alpha value is -2.92. The summed E-state index contributed by atoms with van der Waals surface area (Å²) < 4.78 is 69.0. The van der Waals surface area contributed by atoms with E-state index < -0.39 is 35.7 Å². The number of hydrogen-bond donors (Lipinski definition) is 2. The largest absolute Gasteiger partial charge is 0.390 e. The van der Waals surface area contributed by atoms with Crippen molar-refractivity contribution in [1.82, 2.24) is 10.2 Å². The highest BCUT2D eigenvalue weighted by Crippen LogP contribution is 2.33. The number of halogens is 6. The Kier molecular flexibility index (Phi) is 12.1. The van der Waals surface area contributed by atoms with Crippen LogP contribution in [0.5, 0.6) is 0 Å². The van der Waals surface area contributed by atoms with Crippen LogP contribution < -0.4 is 15.5 Å². The van der Waals surface area contributed by atoms with Gasteiger partial charge in [-0.1, -0.05) is 50.8 Å². The van der Waals surface area contributed by atoms with Gasteiger partial charge in [-0.05, 0) is 55.4 Å². The van der Waals surface area contributed by atoms with Crippen molar-refractivity contribution >= 4 is 34.8 Å². The first-order chi connectivity index (χ1) is 21.3. The minimum atomic E-state index is -4.25. The van der Waals surface area contributed by atoms with Gasteiger partial charge in [-0.3, -0.25) is 14.5 Å². The fraction of sp³-hybridized carbons (Fsp3) is 0.576. The number of alkyl halides is 3. The van der Waals surface area contributed by atoms with Crippen molar-refractivity contribution in [3.63, 3.8) is 0 Å². The van der Waals surface area contributed by atoms with Crippen LogP contribution in [0.1, 0.15) is 81.1 Å². The second-order valence-electron chi connectivity index (χ2n) is 12.6. The van der Waals surface area contributed by atoms with Crippen molar-refractivity contribution in [2.45, 2.75) is 84.0 Å². The van der Waals surface area contributed by atoms with Gasteiger partial charge < -0.3 is 15.5 Å². The number of hydrogen-bond acceptors (Lipinski definition) is 4. The van der Waals surface area contributed by atoms with E-state index in [4.69, 9.17) is 11.6 Å². The molecule has 1 saturated heterocycles. The smallest absolute Gasteiger partial charge is 0.367 e. The first kappa shape index (κ1) is 34.9. The molecule has 2 aromatic carbocycles. The highest BCUT2D eigenvalue weighted by molar-refractivity contribution is 6.31. The average molecular weight is 657 g/mol. The van der Waals surface area contributed by atoms with Gasteiger partial charge in [-0.25, -0.2) is 8.78 Å². The predicted octanol–water partition coefficient (Wildman–Crippen LogP) is 7.95. The molecule has 1 saturated carbocycles. The second kappa shape index (κ2) is 15.6. The van der Waals surface area contributed by atoms with Crippen LogP contribution in [0.15, 0.2) is 30.3 Å². The van der Waals surface area contributed by atoms with Gasteiger partial charge in [0.05, 0.1) is 23.4 Å². The number of amides is 2. The number of nitrogens with one attached hydrogen (secondary N) is 2. The van der Waals surface area contributed by atoms with Crippen molar-refractivity contribution in [2.24, 2.45) is 11.8 Å². The minimum Gasteiger partial charge on any atom is -0.367 e. The predicted molar refractivity (Wildman–Crippen MR) is 167 cm³/mol. The summed E-state index contributed by atoms with van der Waals surface area (Å²) in [6, 6.07) is 7.07. The van der Waals surface area contributed by atoms with E-state index in [1.807, 2.05) is 23.6 Å². The number of anilines is 2. The normalized spacial score (nSPS) is 18.3. The van der Waals surface area contributed by atoms with Crippen LogP contribution in [-0.2, 0) is 11.3 Å². The number of carbonyl (C=O) groups is 2. The van der Waals surface area contributed by atoms with E-state index in [1.54, 1.807) is 18.2 Å². The molecular formula is C33H42ClF5N4O2. The van der Waals surface area contributed by atoms with Gasteiger partial charge in [-0.15, -0.1) is 0 Å². The lowest BCUT2D eigenvalue weighted by Gasteiger charge is -2.43. The zero-order valence-corrected chi connectivity index (χ0v) is 26.5. The summed E-state index contributed by atoms with van der Waals surface area (Å²) in [6.45, 7) is 4.91. The lowest BCUT2D eigenvalue weighted by Crippen LogP contribution is -2.54. The monoisotopic (exact) mass is 656 g/mol. The van der Waals surface area contributed by atoms with Crippen molar-refractivity contribution in [2.75, 3.05) is 36.4 Å². The zero-order chi connectivity index (χ0) is 32.7. The van der Waals surface area contributed by atoms with E-state index >= 15 is 8.78 Å². The molecule has 2 N–H and O–H groups in total. The van der Waals surface area contributed by atoms with E-state index in [1.165, 1.54) is 18.6 Å². The molecule has 4 rings (SSSR count). The molecule has 1 aliphatic heterocycles. The topological polar surface area (TPSA) is 64.7 Å². The summed E-state index contributed by atoms with van der Waals surface area (Å²) in [5, 5.41) is 5.71. The molecular weight excluding hydrogens is 615 g/mol. The Morgan fingerprint density at radius 2 is 1.76 bits per heavy atom. The third-order valence-electron chi connectivity index (χ3n) is 8.66. The maximum atomic E-state index is 15.1. The molecule has 2 aromatic rings. The van der Waals surface area contributed by atoms with E-state index in [0.29, 0.717) is 54.8 Å². The molecule has 1 aliphatic carbocycles. The van der Waals surface area contributed by atoms with Crippen LogP contribution in [0, 0.1) is 23.5 Å². The second-order valence-corrected chi connectivity index (χ2v) is 13.1. The standard InChI is InChI=1S/C33H42ClF5N4O2/c1-21(2)16-25-20-43(15-14-42(25)13-12-33(37,38)39)28-18-24(34)9-11-27(28)41-32(45)26-10-8-23(30(35)31(26)36)19-40-29(44)17-22-6-4-3-5-7-22/h8-11,18,21-22,25H,3-7,12-17,19-20H2,1-2H3,(H,40,44)(H,41,45)/t25-/m0/s1. The summed E-state index contributed by atoms with van der Waals surface area (Å²) in [4.78, 5) is 29.4. The van der Waals surface area contributed by atoms with E-state index in [2.05, 4.69) is 10.6 Å². The average Bonchev–Trinajstić information content (AvgIpc) is 2.98. The summed E-state index contributed by atoms with van der Waals surface area (Å²) in [7, 11) is 0. The molecule has 0 radical (unpaired) electrons. The first-order valence-electron chi connectivity index (χ1n) is 15.7. The molecule has 248 valence electrons. The van der Waals surface area contributed by atoms with Gasteiger partial charge in [0, 0.05) is 55.8 Å². The number of carbonyl (C=O) groups excluding carboxylic acids is 2. The zero-order valence-electron chi connectivity index (χ0n) is 25.8. The van der Waals surface area contributed by atoms with Gasteiger partial charge >= 0.3 is 6.18 Å². The maximum Gasteiger partial charge on any atom is 0.390 e. The summed E-state index contributed by atoms with van der Waals surface area (Å²) >= 11 is 6.29. The van der Waals surface area contributed by atoms with Gasteiger partial charge in [-0.2, -0.15) is 13.2 Å². The van der Waals surface area contributed by atoms with E-state index in [9.17, 15) is 22.8 Å². The highest BCUT2D eigenvalue weighted by Gasteiger charge is 2.33. The molecule has 45 heavy (non-hydrogen) atoms. The Morgan fingerprint density at radius 1 is 1.02 bits per heavy atom. The Morgan fingerprint density at radius 3 is 2.44 bits per heavy atom. The minimum absolute atomic E-state index is 0.0622. The molecule has 1 heterocycles. The molecule has 1 atom stereocenters. The van der Waals surface area contributed by atoms with Crippen LogP contribution in [0.4, 0.5) is 33.3 Å². The van der Waals surface area contributed by atoms with Crippen molar-refractivity contribution in [3.05, 3.63) is 58.1 Å². The van der Waals surface area contributed by atoms with E-state index in [0.717, 1.165) is 25.7 Å². The van der Waals surface area contributed by atoms with Crippen LogP contribution >= 0.6 is 11.6 Å². The van der Waals surface area contributed by atoms with Crippen LogP contribution in [0.2, 0.25) is 5.02 Å². The summed E-state index contributed by atoms with van der Waals surface area (Å²) in [5.74, 6) is -3.06. The molecule has 2 fully saturated rings. The van der Waals surface area contributed by atoms with Crippen molar-refractivity contribution in [3.8, 4) is 0 Å². The van der Waals surface area contributed by atoms with E-state index in [-0.39, 0.29) is 36.5 Å². The van der Waals surface area contributed by atoms with Gasteiger partial charge in [0.1, 0.15) is 0 Å². The van der Waals surface area contributed by atoms with Crippen LogP contribution in [0.3, 0.4) is 0 Å². The molecule has 12 heteroatoms. The van der Waals surface area contributed by atoms with Crippen molar-refractivity contribution in [1.29, 1.82) is 0 Å². The van der Waals surface area contributed by atoms with Gasteiger partial charge in [0.2, 0.25) is 5.91 Å². The molecule has 0 bridgehead atoms. The van der Waals surface area contributed by atoms with Gasteiger partial charge in [0.25, 0.3) is 5.91 Å². The quantitative estimate of drug-likeness (QED) is 0.241. The SMILES string of the molecule is CC(C)C[C@H]1CN(c2cc(Cl)ccc2NC(=O)c2ccc(CNC(=O)CC3CCCCC3)c(F)c2F)CCN1CCC(F)(F)F. The van der Waals surface area contributed by atoms with Gasteiger partial charge in [0.15, 0.2) is 11.6 Å². The molecule has 2 aliphatic rings. The van der Waals surface area contributed by atoms with Crippen LogP contribution in [0.25, 0.3) is 0 Å². The molecule has 2 amide bonds. The molecule has 6 nitrogen and oxygen atoms in total. The summed E-state index contributed by atoms with van der Waals surface area (Å²) in [5.41, 5.74) is 0.293. The Bertz CT molecular complexity index is 1330. The number of benzene rings is 2. The Balaban J connectivity index is 1.44. The number of nitrogens with zero attached hydrogens (tertiary/aromatic N) is 2. The molecule has 0 aromatic heterocycles. The molecule has 0 unspecified atom stereocenters. The Labute approximate surface area is 266 Å². The third-order valence-corrected chi connectivity index (χ3v) is 8.90. The highest BCUT2D eigenvalue weighted by atomic mass is 35.5. The lowest BCUT2D eigenvalue weighted by atomic mass is 9.87. The van der Waals surface area contributed by atoms with Crippen LogP contribution in [-0.4, -0.2) is 55.1 Å². The molecule has 0 spiro atoms. The fourth-order valence-electron chi connectivity index (χ4n) is 6.33. The number of rotatable bonds is 11. The lowest BCUT2D eigenvalue weighted by molar-refractivity contribution is -0.139. The van der Waals surface area contributed by atoms with Crippen molar-refractivity contribution < 1.29 is 31.5 Å². The fourth-order valence-corrected chi connectivity index (χ4v) is 6.49. The third kappa shape index (κ3) is 10.0. The first-order valence-corrected chi connectivity index (χ1v) is 16.1. The number of piperazine rings is 1.